The second kappa shape index (κ2) is 3.34. The highest BCUT2D eigenvalue weighted by molar-refractivity contribution is 6.30. The van der Waals surface area contributed by atoms with Crippen molar-refractivity contribution in [2.45, 2.75) is 0 Å². The van der Waals surface area contributed by atoms with Crippen LogP contribution in [0.5, 0.6) is 0 Å². The fourth-order valence-corrected chi connectivity index (χ4v) is 0.742. The average Bonchev–Trinajstić information content (AvgIpc) is 2.05. The Morgan fingerprint density at radius 2 is 2.36 bits per heavy atom. The summed E-state index contributed by atoms with van der Waals surface area (Å²) >= 11 is 5.59. The molecule has 58 valence electrons. The molecule has 0 aliphatic carbocycles. The summed E-state index contributed by atoms with van der Waals surface area (Å²) in [7, 11) is 1.63. The number of pyridine rings is 1. The minimum atomic E-state index is 0.563. The van der Waals surface area contributed by atoms with E-state index in [0.29, 0.717) is 17.3 Å². The topological polar surface area (TPSA) is 33.2 Å². The van der Waals surface area contributed by atoms with Crippen LogP contribution in [0.1, 0.15) is 0 Å². The quantitative estimate of drug-likeness (QED) is 0.628. The van der Waals surface area contributed by atoms with E-state index in [9.17, 15) is 4.79 Å². The SMILES string of the molecule is CN(C=O)c1ccc(Cl)cn1. The molecule has 4 heteroatoms. The van der Waals surface area contributed by atoms with E-state index < -0.39 is 0 Å². The second-order valence-corrected chi connectivity index (χ2v) is 2.49. The largest absolute Gasteiger partial charge is 0.303 e. The first-order valence-corrected chi connectivity index (χ1v) is 3.41. The van der Waals surface area contributed by atoms with Crippen molar-refractivity contribution in [1.29, 1.82) is 0 Å². The molecule has 0 saturated heterocycles. The van der Waals surface area contributed by atoms with Gasteiger partial charge in [0, 0.05) is 13.2 Å². The van der Waals surface area contributed by atoms with Crippen molar-refractivity contribution in [1.82, 2.24) is 4.98 Å². The maximum atomic E-state index is 10.2. The van der Waals surface area contributed by atoms with Gasteiger partial charge in [-0.2, -0.15) is 0 Å². The van der Waals surface area contributed by atoms with Gasteiger partial charge in [0.2, 0.25) is 6.41 Å². The zero-order valence-corrected chi connectivity index (χ0v) is 6.75. The number of amides is 1. The van der Waals surface area contributed by atoms with E-state index in [0.717, 1.165) is 0 Å². The molecular weight excluding hydrogens is 164 g/mol. The fourth-order valence-electron chi connectivity index (χ4n) is 0.631. The first-order valence-electron chi connectivity index (χ1n) is 3.03. The molecule has 0 saturated carbocycles. The van der Waals surface area contributed by atoms with Crippen LogP contribution >= 0.6 is 11.6 Å². The molecule has 1 heterocycles. The van der Waals surface area contributed by atoms with Crippen LogP contribution < -0.4 is 4.90 Å². The van der Waals surface area contributed by atoms with Gasteiger partial charge in [-0.25, -0.2) is 4.98 Å². The summed E-state index contributed by atoms with van der Waals surface area (Å²) in [6, 6.07) is 3.36. The first kappa shape index (κ1) is 8.01. The van der Waals surface area contributed by atoms with Gasteiger partial charge in [0.05, 0.1) is 5.02 Å². The Labute approximate surface area is 69.6 Å². The minimum Gasteiger partial charge on any atom is -0.303 e. The lowest BCUT2D eigenvalue weighted by Gasteiger charge is -2.07. The third-order valence-electron chi connectivity index (χ3n) is 1.23. The Morgan fingerprint density at radius 1 is 1.64 bits per heavy atom. The van der Waals surface area contributed by atoms with Crippen LogP contribution in [-0.4, -0.2) is 18.4 Å². The molecule has 0 N–H and O–H groups in total. The normalized spacial score (nSPS) is 9.27. The summed E-state index contributed by atoms with van der Waals surface area (Å²) in [4.78, 5) is 15.5. The van der Waals surface area contributed by atoms with Crippen LogP contribution in [0.4, 0.5) is 5.82 Å². The van der Waals surface area contributed by atoms with Crippen molar-refractivity contribution in [3.8, 4) is 0 Å². The van der Waals surface area contributed by atoms with Crippen LogP contribution in [-0.2, 0) is 4.79 Å². The van der Waals surface area contributed by atoms with Gasteiger partial charge in [-0.15, -0.1) is 0 Å². The lowest BCUT2D eigenvalue weighted by molar-refractivity contribution is -0.107. The number of carbonyl (C=O) groups excluding carboxylic acids is 1. The summed E-state index contributed by atoms with van der Waals surface area (Å²) in [5, 5.41) is 0.563. The van der Waals surface area contributed by atoms with Gasteiger partial charge >= 0.3 is 0 Å². The maximum Gasteiger partial charge on any atom is 0.215 e. The molecule has 0 fully saturated rings. The van der Waals surface area contributed by atoms with Crippen LogP contribution in [0.2, 0.25) is 5.02 Å². The molecule has 0 aromatic carbocycles. The van der Waals surface area contributed by atoms with E-state index in [4.69, 9.17) is 11.6 Å². The molecule has 0 radical (unpaired) electrons. The number of hydrogen-bond acceptors (Lipinski definition) is 2. The molecule has 1 aromatic heterocycles. The van der Waals surface area contributed by atoms with Crippen molar-refractivity contribution in [3.63, 3.8) is 0 Å². The van der Waals surface area contributed by atoms with Gasteiger partial charge in [-0.1, -0.05) is 11.6 Å². The van der Waals surface area contributed by atoms with Crippen molar-refractivity contribution >= 4 is 23.8 Å². The van der Waals surface area contributed by atoms with Gasteiger partial charge in [-0.3, -0.25) is 4.79 Å². The van der Waals surface area contributed by atoms with Gasteiger partial charge in [0.25, 0.3) is 0 Å². The van der Waals surface area contributed by atoms with E-state index in [-0.39, 0.29) is 0 Å². The van der Waals surface area contributed by atoms with Crippen LogP contribution in [0.15, 0.2) is 18.3 Å². The van der Waals surface area contributed by atoms with Crippen molar-refractivity contribution in [2.24, 2.45) is 0 Å². The maximum absolute atomic E-state index is 10.2. The summed E-state index contributed by atoms with van der Waals surface area (Å²) in [6.45, 7) is 0. The standard InChI is InChI=1S/C7H7ClN2O/c1-10(5-11)7-3-2-6(8)4-9-7/h2-5H,1H3. The van der Waals surface area contributed by atoms with Crippen LogP contribution in [0.3, 0.4) is 0 Å². The van der Waals surface area contributed by atoms with Gasteiger partial charge in [0.15, 0.2) is 0 Å². The summed E-state index contributed by atoms with van der Waals surface area (Å²) in [5.41, 5.74) is 0. The average molecular weight is 171 g/mol. The smallest absolute Gasteiger partial charge is 0.215 e. The van der Waals surface area contributed by atoms with Crippen LogP contribution in [0.25, 0.3) is 0 Å². The summed E-state index contributed by atoms with van der Waals surface area (Å²) in [5.74, 6) is 0.587. The number of hydrogen-bond donors (Lipinski definition) is 0. The Bertz CT molecular complexity index is 247. The zero-order chi connectivity index (χ0) is 8.27. The van der Waals surface area contributed by atoms with Gasteiger partial charge in [-0.05, 0) is 12.1 Å². The Morgan fingerprint density at radius 3 is 2.82 bits per heavy atom. The monoisotopic (exact) mass is 170 g/mol. The Hall–Kier alpha value is -1.09. The van der Waals surface area contributed by atoms with E-state index >= 15 is 0 Å². The van der Waals surface area contributed by atoms with E-state index in [1.807, 2.05) is 0 Å². The second-order valence-electron chi connectivity index (χ2n) is 2.05. The first-order chi connectivity index (χ1) is 5.24. The molecule has 0 atom stereocenters. The highest BCUT2D eigenvalue weighted by Crippen LogP contribution is 2.11. The van der Waals surface area contributed by atoms with Crippen LogP contribution in [0, 0.1) is 0 Å². The predicted octanol–water partition coefficient (Wildman–Crippen LogP) is 1.33. The summed E-state index contributed by atoms with van der Waals surface area (Å²) < 4.78 is 0. The number of rotatable bonds is 2. The molecule has 0 spiro atoms. The third kappa shape index (κ3) is 1.91. The van der Waals surface area contributed by atoms with E-state index in [2.05, 4.69) is 4.98 Å². The van der Waals surface area contributed by atoms with Gasteiger partial charge < -0.3 is 4.90 Å². The molecule has 1 amide bonds. The molecule has 0 aliphatic heterocycles. The fraction of sp³-hybridized carbons (Fsp3) is 0.143. The third-order valence-corrected chi connectivity index (χ3v) is 1.45. The number of halogens is 1. The zero-order valence-electron chi connectivity index (χ0n) is 5.99. The van der Waals surface area contributed by atoms with Gasteiger partial charge in [0.1, 0.15) is 5.82 Å². The lowest BCUT2D eigenvalue weighted by Crippen LogP contribution is -2.14. The van der Waals surface area contributed by atoms with Crippen molar-refractivity contribution in [2.75, 3.05) is 11.9 Å². The highest BCUT2D eigenvalue weighted by Gasteiger charge is 1.97. The van der Waals surface area contributed by atoms with E-state index in [1.165, 1.54) is 11.1 Å². The van der Waals surface area contributed by atoms with Crippen molar-refractivity contribution < 1.29 is 4.79 Å². The molecule has 1 rings (SSSR count). The molecule has 0 bridgehead atoms. The number of anilines is 1. The molecule has 3 nitrogen and oxygen atoms in total. The lowest BCUT2D eigenvalue weighted by atomic mass is 10.4. The predicted molar refractivity (Wildman–Crippen MR) is 43.7 cm³/mol. The molecule has 0 aliphatic rings. The Kier molecular flexibility index (Phi) is 2.44. The molecule has 11 heavy (non-hydrogen) atoms. The minimum absolute atomic E-state index is 0.563. The number of carbonyl (C=O) groups is 1. The Balaban J connectivity index is 2.89. The molecular formula is C7H7ClN2O. The number of nitrogens with zero attached hydrogens (tertiary/aromatic N) is 2. The number of aromatic nitrogens is 1. The molecule has 0 unspecified atom stereocenters. The highest BCUT2D eigenvalue weighted by atomic mass is 35.5. The molecule has 1 aromatic rings. The summed E-state index contributed by atoms with van der Waals surface area (Å²) in [6.07, 6.45) is 2.19. The van der Waals surface area contributed by atoms with E-state index in [1.54, 1.807) is 19.2 Å². The van der Waals surface area contributed by atoms with Crippen molar-refractivity contribution in [3.05, 3.63) is 23.4 Å².